The van der Waals surface area contributed by atoms with Gasteiger partial charge in [0.15, 0.2) is 5.50 Å². The highest BCUT2D eigenvalue weighted by molar-refractivity contribution is 7.90. The molecule has 0 spiro atoms. The first-order chi connectivity index (χ1) is 16.3. The third kappa shape index (κ3) is 4.31. The number of benzene rings is 2. The molecule has 2 aromatic carbocycles. The van der Waals surface area contributed by atoms with Crippen molar-refractivity contribution < 1.29 is 35.3 Å². The van der Waals surface area contributed by atoms with Crippen LogP contribution < -0.4 is 33.0 Å². The van der Waals surface area contributed by atoms with E-state index in [9.17, 15) is 26.4 Å². The molecule has 0 fully saturated rings. The number of Topliss-reactive ketones (excluding diaryl/α,β-unsaturated/α-hetero) is 1. The monoisotopic (exact) mass is 493 g/mol. The number of carbonyl (C=O) groups excluding carboxylic acids is 1. The lowest BCUT2D eigenvalue weighted by Gasteiger charge is -2.33. The Kier molecular flexibility index (Phi) is 6.88. The Hall–Kier alpha value is -2.49. The van der Waals surface area contributed by atoms with Crippen LogP contribution in [0.25, 0.3) is 0 Å². The molecule has 36 heavy (non-hydrogen) atoms. The quantitative estimate of drug-likeness (QED) is 0.333. The molecule has 164 valence electrons. The number of hydrogen-bond acceptors (Lipinski definition) is 6. The summed E-state index contributed by atoms with van der Waals surface area (Å²) < 4.78 is 71.4. The molecule has 0 saturated heterocycles. The summed E-state index contributed by atoms with van der Waals surface area (Å²) in [5.74, 6) is -3.47. The number of ketones is 1. The van der Waals surface area contributed by atoms with E-state index in [-0.39, 0.29) is 22.0 Å². The van der Waals surface area contributed by atoms with Gasteiger partial charge in [-0.2, -0.15) is 21.6 Å². The first-order valence-corrected chi connectivity index (χ1v) is 10.9. The van der Waals surface area contributed by atoms with Crippen LogP contribution in [0.1, 0.15) is 16.7 Å². The lowest BCUT2D eigenvalue weighted by molar-refractivity contribution is -0.137. The zero-order valence-electron chi connectivity index (χ0n) is 18.1. The van der Waals surface area contributed by atoms with Gasteiger partial charge < -0.3 is 14.7 Å². The Morgan fingerprint density at radius 2 is 1.33 bits per heavy atom. The van der Waals surface area contributed by atoms with E-state index in [1.807, 2.05) is 0 Å². The van der Waals surface area contributed by atoms with Crippen molar-refractivity contribution in [3.63, 3.8) is 0 Å². The fourth-order valence-corrected chi connectivity index (χ4v) is 4.28. The number of hydrogen-bond donors (Lipinski definition) is 1. The molecule has 0 aliphatic carbocycles. The minimum atomic E-state index is -5.31. The van der Waals surface area contributed by atoms with Crippen LogP contribution in [-0.4, -0.2) is 77.0 Å². The van der Waals surface area contributed by atoms with Crippen LogP contribution in [-0.2, 0) is 40.1 Å². The zero-order valence-corrected chi connectivity index (χ0v) is 18.9. The van der Waals surface area contributed by atoms with Crippen LogP contribution in [0.2, 0.25) is 0 Å². The molecule has 1 aliphatic heterocycles. The Balaban J connectivity index is 2.00. The lowest BCUT2D eigenvalue weighted by atomic mass is 9.53. The maximum atomic E-state index is 13.1. The number of halogens is 3. The van der Waals surface area contributed by atoms with E-state index >= 15 is 0 Å². The lowest BCUT2D eigenvalue weighted by Crippen LogP contribution is -2.60. The van der Waals surface area contributed by atoms with Gasteiger partial charge in [0, 0.05) is 0 Å². The second-order valence-electron chi connectivity index (χ2n) is 7.71. The summed E-state index contributed by atoms with van der Waals surface area (Å²) in [6, 6.07) is 2.92. The molecule has 0 saturated carbocycles. The number of rotatable bonds is 5. The van der Waals surface area contributed by atoms with Gasteiger partial charge in [0.05, 0.1) is 25.8 Å². The smallest absolute Gasteiger partial charge is 0.416 e. The molecule has 1 aliphatic rings. The topological polar surface area (TPSA) is 95.7 Å². The van der Waals surface area contributed by atoms with E-state index in [1.54, 1.807) is 0 Å². The van der Waals surface area contributed by atoms with Gasteiger partial charge in [-0.05, 0) is 17.7 Å². The second-order valence-corrected chi connectivity index (χ2v) is 9.46. The summed E-state index contributed by atoms with van der Waals surface area (Å²) in [7, 11) is 40.9. The Labute approximate surface area is 215 Å². The maximum Gasteiger partial charge on any atom is 0.416 e. The molecule has 16 radical (unpaired) electrons. The molecular formula is C18H6B8F3NO5S. The SMILES string of the molecule is [B]c1c([B])c([B])c(C([B])([B])S(=O)(=O)OC2=C(N)OC([B])(c3ccc(C(F)(F)F)cc3)C2=O)c([B])c1[B]. The summed E-state index contributed by atoms with van der Waals surface area (Å²) in [6.45, 7) is 0. The average Bonchev–Trinajstić information content (AvgIpc) is 2.99. The van der Waals surface area contributed by atoms with E-state index in [2.05, 4.69) is 0 Å². The Morgan fingerprint density at radius 1 is 0.889 bits per heavy atom. The van der Waals surface area contributed by atoms with E-state index in [0.29, 0.717) is 12.1 Å². The van der Waals surface area contributed by atoms with Gasteiger partial charge in [-0.1, -0.05) is 17.7 Å². The van der Waals surface area contributed by atoms with Crippen molar-refractivity contribution in [2.75, 3.05) is 0 Å². The van der Waals surface area contributed by atoms with Gasteiger partial charge in [-0.25, -0.2) is 0 Å². The molecule has 1 heterocycles. The molecule has 0 amide bonds. The van der Waals surface area contributed by atoms with Crippen LogP contribution in [0, 0.1) is 0 Å². The van der Waals surface area contributed by atoms with Crippen LogP contribution in [0.3, 0.4) is 0 Å². The first-order valence-electron chi connectivity index (χ1n) is 9.51. The highest BCUT2D eigenvalue weighted by Gasteiger charge is 2.51. The van der Waals surface area contributed by atoms with Gasteiger partial charge in [-0.3, -0.25) is 4.79 Å². The van der Waals surface area contributed by atoms with E-state index in [0.717, 1.165) is 12.1 Å². The van der Waals surface area contributed by atoms with Crippen LogP contribution in [0.15, 0.2) is 35.9 Å². The zero-order chi connectivity index (χ0) is 27.6. The van der Waals surface area contributed by atoms with Gasteiger partial charge in [0.2, 0.25) is 17.4 Å². The highest BCUT2D eigenvalue weighted by Crippen LogP contribution is 2.38. The molecule has 2 aromatic rings. The van der Waals surface area contributed by atoms with Crippen molar-refractivity contribution in [2.45, 2.75) is 16.2 Å². The van der Waals surface area contributed by atoms with Gasteiger partial charge >= 0.3 is 16.3 Å². The molecule has 18 heteroatoms. The van der Waals surface area contributed by atoms with E-state index < -0.39 is 65.8 Å². The largest absolute Gasteiger partial charge is 0.467 e. The number of nitrogens with two attached hydrogens (primary N) is 1. The molecule has 3 rings (SSSR count). The van der Waals surface area contributed by atoms with E-state index in [4.69, 9.17) is 77.4 Å². The number of alkyl halides is 3. The predicted molar refractivity (Wildman–Crippen MR) is 133 cm³/mol. The third-order valence-electron chi connectivity index (χ3n) is 5.38. The Morgan fingerprint density at radius 3 is 1.78 bits per heavy atom. The first kappa shape index (κ1) is 28.1. The van der Waals surface area contributed by atoms with Crippen molar-refractivity contribution in [2.24, 2.45) is 5.73 Å². The fraction of sp³-hybridized carbons (Fsp3) is 0.167. The molecule has 0 bridgehead atoms. The van der Waals surface area contributed by atoms with Crippen molar-refractivity contribution in [3.8, 4) is 0 Å². The molecule has 1 atom stereocenters. The number of ether oxygens (including phenoxy) is 1. The van der Waals surface area contributed by atoms with Crippen molar-refractivity contribution in [3.05, 3.63) is 52.6 Å². The summed E-state index contributed by atoms with van der Waals surface area (Å²) in [4.78, 5) is 13.0. The minimum absolute atomic E-state index is 0.265. The molecular weight excluding hydrogens is 486 g/mol. The minimum Gasteiger partial charge on any atom is -0.467 e. The highest BCUT2D eigenvalue weighted by atomic mass is 32.2. The average molecular weight is 492 g/mol. The second kappa shape index (κ2) is 8.82. The van der Waals surface area contributed by atoms with Gasteiger partial charge in [0.25, 0.3) is 0 Å². The predicted octanol–water partition coefficient (Wildman–Crippen LogP) is -4.78. The fourth-order valence-electron chi connectivity index (χ4n) is 3.30. The van der Waals surface area contributed by atoms with Gasteiger partial charge in [0.1, 0.15) is 47.1 Å². The van der Waals surface area contributed by atoms with Gasteiger partial charge in [-0.15, -0.1) is 27.3 Å². The van der Waals surface area contributed by atoms with Crippen LogP contribution >= 0.6 is 0 Å². The summed E-state index contributed by atoms with van der Waals surface area (Å²) in [6.07, 6.45) is -4.68. The molecule has 2 N–H and O–H groups in total. The van der Waals surface area contributed by atoms with Crippen molar-refractivity contribution in [1.82, 2.24) is 0 Å². The third-order valence-corrected chi connectivity index (χ3v) is 6.79. The molecule has 1 unspecified atom stereocenters. The summed E-state index contributed by atoms with van der Waals surface area (Å²) in [5.41, 5.74) is -1.09. The van der Waals surface area contributed by atoms with Crippen molar-refractivity contribution in [1.29, 1.82) is 0 Å². The standard InChI is InChI=1S/C18H6B8F3NO5S/c19-8-7(9(20)11(22)12(23)10(8)21)17(25,26)36(32,33)35-13-14(31)16(24,34-15(13)30)5-1-3-6(4-2-5)18(27,28)29/h1-4H,30H2. The van der Waals surface area contributed by atoms with Crippen LogP contribution in [0.5, 0.6) is 0 Å². The molecule has 0 aromatic heterocycles. The Bertz CT molecular complexity index is 1380. The normalized spacial score (nSPS) is 18.8. The summed E-state index contributed by atoms with van der Waals surface area (Å²) >= 11 is 0. The summed E-state index contributed by atoms with van der Waals surface area (Å²) in [5, 5.41) is 0. The van der Waals surface area contributed by atoms with Crippen LogP contribution in [0.4, 0.5) is 13.2 Å². The van der Waals surface area contributed by atoms with Crippen molar-refractivity contribution >= 4 is 106 Å². The molecule has 6 nitrogen and oxygen atoms in total. The van der Waals surface area contributed by atoms with E-state index in [1.165, 1.54) is 0 Å². The number of carbonyl (C=O) groups is 1. The maximum absolute atomic E-state index is 13.1.